The number of hydrogen-bond donors (Lipinski definition) is 0. The van der Waals surface area contributed by atoms with E-state index in [1.54, 1.807) is 45.3 Å². The lowest BCUT2D eigenvalue weighted by Gasteiger charge is -2.28. The molecule has 84 heavy (non-hydrogen) atoms. The van der Waals surface area contributed by atoms with Crippen LogP contribution in [0.25, 0.3) is 40.7 Å². The van der Waals surface area contributed by atoms with Crippen molar-refractivity contribution in [1.82, 2.24) is 0 Å². The molecule has 6 heterocycles. The van der Waals surface area contributed by atoms with Crippen molar-refractivity contribution in [3.05, 3.63) is 76.3 Å². The second-order valence-electron chi connectivity index (χ2n) is 25.6. The van der Waals surface area contributed by atoms with Crippen LogP contribution in [0.2, 0.25) is 0 Å². The lowest BCUT2D eigenvalue weighted by atomic mass is 9.92. The Labute approximate surface area is 541 Å². The normalized spacial score (nSPS) is 14.3. The molecule has 0 bridgehead atoms. The molecule has 0 aliphatic carbocycles. The molecule has 4 nitrogen and oxygen atoms in total. The van der Waals surface area contributed by atoms with Gasteiger partial charge in [-0.1, -0.05) is 283 Å². The third kappa shape index (κ3) is 19.3. The second-order valence-corrected chi connectivity index (χ2v) is 32.7. The minimum absolute atomic E-state index is 0.155. The van der Waals surface area contributed by atoms with Gasteiger partial charge in [0.2, 0.25) is 0 Å². The van der Waals surface area contributed by atoms with E-state index in [9.17, 15) is 0 Å². The number of nitrogens with zero attached hydrogens (tertiary/aromatic N) is 2. The molecule has 462 valence electrons. The fourth-order valence-electron chi connectivity index (χ4n) is 13.9. The van der Waals surface area contributed by atoms with Crippen LogP contribution in [0, 0.1) is 11.8 Å². The zero-order valence-electron chi connectivity index (χ0n) is 52.6. The maximum Gasteiger partial charge on any atom is 0.260 e. The van der Waals surface area contributed by atoms with Crippen molar-refractivity contribution in [2.45, 2.75) is 285 Å². The molecule has 2 aromatic carbocycles. The van der Waals surface area contributed by atoms with Gasteiger partial charge in [0.05, 0.1) is 30.1 Å². The van der Waals surface area contributed by atoms with Crippen LogP contribution in [0.15, 0.2) is 56.1 Å². The minimum Gasteiger partial charge on any atom is -0.307 e. The first-order valence-electron chi connectivity index (χ1n) is 34.6. The van der Waals surface area contributed by atoms with Crippen LogP contribution in [0.5, 0.6) is 0 Å². The quantitative estimate of drug-likeness (QED) is 0.0357. The molecule has 0 saturated carbocycles. The Morgan fingerprint density at radius 3 is 0.881 bits per heavy atom. The average molecular weight is 1340 g/mol. The van der Waals surface area contributed by atoms with E-state index in [4.69, 9.17) is 0 Å². The molecule has 6 aromatic rings. The highest BCUT2D eigenvalue weighted by Gasteiger charge is 2.38. The summed E-state index contributed by atoms with van der Waals surface area (Å²) in [4.78, 5) is 38.1. The van der Waals surface area contributed by atoms with E-state index in [2.05, 4.69) is 118 Å². The summed E-state index contributed by atoms with van der Waals surface area (Å²) in [5, 5.41) is 4.35. The number of rotatable bonds is 46. The standard InChI is InChI=1S/C74H106Br2N2O2S4/c1-5-9-13-17-21-25-27-31-35-39-43-55(41-37-33-29-23-19-15-11-7-3)53-77-71-57-45-48-60-70(66-50-62-64(82-66)52-68(76)84-62)74(80)78(72(60)58(57)46-47-59(71)69(73(77)79)65-49-61-63(81-65)51-67(75)83-61)54-56(42-38-34-30-24-20-16-12-8-4)44-40-36-32-28-26-22-18-14-10-6-2/h45-52,55-56H,5-44,53-54H2,1-4H3. The van der Waals surface area contributed by atoms with E-state index in [1.807, 2.05) is 0 Å². The molecule has 4 aromatic heterocycles. The van der Waals surface area contributed by atoms with E-state index >= 15 is 9.59 Å². The smallest absolute Gasteiger partial charge is 0.260 e. The first kappa shape index (κ1) is 67.6. The molecule has 0 radical (unpaired) electrons. The van der Waals surface area contributed by atoms with Gasteiger partial charge < -0.3 is 9.80 Å². The van der Waals surface area contributed by atoms with Crippen molar-refractivity contribution < 1.29 is 9.59 Å². The van der Waals surface area contributed by atoms with E-state index in [0.29, 0.717) is 11.8 Å². The van der Waals surface area contributed by atoms with Gasteiger partial charge in [0.1, 0.15) is 0 Å². The van der Waals surface area contributed by atoms with Gasteiger partial charge in [-0.25, -0.2) is 0 Å². The summed E-state index contributed by atoms with van der Waals surface area (Å²) in [5.74, 6) is 1.16. The number of hydrogen-bond acceptors (Lipinski definition) is 6. The predicted molar refractivity (Wildman–Crippen MR) is 382 cm³/mol. The average Bonchev–Trinajstić information content (AvgIpc) is 1.86. The Hall–Kier alpha value is -2.34. The number of carbonyl (C=O) groups excluding carboxylic acids is 2. The van der Waals surface area contributed by atoms with Gasteiger partial charge in [-0.3, -0.25) is 9.59 Å². The Kier molecular flexibility index (Phi) is 29.7. The van der Waals surface area contributed by atoms with Crippen molar-refractivity contribution in [3.8, 4) is 0 Å². The molecule has 2 atom stereocenters. The molecule has 0 fully saturated rings. The molecule has 10 heteroatoms. The van der Waals surface area contributed by atoms with E-state index in [-0.39, 0.29) is 11.8 Å². The highest BCUT2D eigenvalue weighted by atomic mass is 79.9. The molecule has 0 N–H and O–H groups in total. The molecular weight excluding hydrogens is 1240 g/mol. The highest BCUT2D eigenvalue weighted by Crippen LogP contribution is 2.45. The molecule has 2 aliphatic heterocycles. The van der Waals surface area contributed by atoms with Crippen molar-refractivity contribution >= 4 is 141 Å². The van der Waals surface area contributed by atoms with Crippen LogP contribution in [-0.2, 0) is 9.59 Å². The summed E-state index contributed by atoms with van der Waals surface area (Å²) in [7, 11) is 0. The van der Waals surface area contributed by atoms with Crippen molar-refractivity contribution in [1.29, 1.82) is 0 Å². The maximum atomic E-state index is 15.7. The van der Waals surface area contributed by atoms with Gasteiger partial charge in [0.15, 0.2) is 0 Å². The Morgan fingerprint density at radius 1 is 0.345 bits per heavy atom. The summed E-state index contributed by atoms with van der Waals surface area (Å²) in [6, 6.07) is 18.2. The Bertz CT molecular complexity index is 2800. The van der Waals surface area contributed by atoms with E-state index < -0.39 is 0 Å². The van der Waals surface area contributed by atoms with Crippen LogP contribution in [-0.4, -0.2) is 24.9 Å². The third-order valence-electron chi connectivity index (χ3n) is 18.7. The molecule has 0 spiro atoms. The third-order valence-corrected chi connectivity index (χ3v) is 24.4. The maximum absolute atomic E-state index is 15.7. The van der Waals surface area contributed by atoms with Crippen molar-refractivity contribution in [3.63, 3.8) is 0 Å². The topological polar surface area (TPSA) is 40.6 Å². The van der Waals surface area contributed by atoms with Gasteiger partial charge in [-0.05, 0) is 93.6 Å². The van der Waals surface area contributed by atoms with Crippen LogP contribution in [0.4, 0.5) is 11.4 Å². The van der Waals surface area contributed by atoms with Crippen LogP contribution in [0.3, 0.4) is 0 Å². The number of amides is 2. The summed E-state index contributed by atoms with van der Waals surface area (Å²) in [6.07, 6.45) is 52.4. The highest BCUT2D eigenvalue weighted by molar-refractivity contribution is 9.11. The number of fused-ring (bicyclic) bond motifs is 7. The van der Waals surface area contributed by atoms with Gasteiger partial charge in [-0.15, -0.1) is 45.3 Å². The van der Waals surface area contributed by atoms with E-state index in [0.717, 1.165) is 74.1 Å². The summed E-state index contributed by atoms with van der Waals surface area (Å²) >= 11 is 14.5. The monoisotopic (exact) mass is 1340 g/mol. The molecular formula is C74H106Br2N2O2S4. The number of thiophene rings is 4. The molecule has 2 aliphatic rings. The number of benzene rings is 2. The first-order chi connectivity index (χ1) is 41.2. The lowest BCUT2D eigenvalue weighted by Crippen LogP contribution is -2.34. The second kappa shape index (κ2) is 37.0. The molecule has 2 amide bonds. The van der Waals surface area contributed by atoms with Gasteiger partial charge >= 0.3 is 0 Å². The van der Waals surface area contributed by atoms with Crippen molar-refractivity contribution in [2.75, 3.05) is 22.9 Å². The number of carbonyl (C=O) groups is 2. The molecule has 0 saturated heterocycles. The lowest BCUT2D eigenvalue weighted by molar-refractivity contribution is -0.114. The largest absolute Gasteiger partial charge is 0.307 e. The number of unbranched alkanes of at least 4 members (excludes halogenated alkanes) is 32. The number of halogens is 2. The zero-order valence-corrected chi connectivity index (χ0v) is 59.0. The fourth-order valence-corrected chi connectivity index (χ4v) is 20.0. The first-order valence-corrected chi connectivity index (χ1v) is 39.5. The summed E-state index contributed by atoms with van der Waals surface area (Å²) < 4.78 is 7.17. The van der Waals surface area contributed by atoms with Gasteiger partial charge in [0, 0.05) is 62.9 Å². The Morgan fingerprint density at radius 2 is 0.607 bits per heavy atom. The van der Waals surface area contributed by atoms with E-state index in [1.165, 1.54) is 276 Å². The predicted octanol–water partition coefficient (Wildman–Crippen LogP) is 24.9. The van der Waals surface area contributed by atoms with Crippen molar-refractivity contribution in [2.24, 2.45) is 11.8 Å². The fraction of sp³-hybridized carbons (Fsp3) is 0.649. The van der Waals surface area contributed by atoms with Gasteiger partial charge in [-0.2, -0.15) is 0 Å². The minimum atomic E-state index is 0.155. The zero-order chi connectivity index (χ0) is 58.9. The Balaban J connectivity index is 1.13. The number of anilines is 2. The molecule has 8 rings (SSSR count). The van der Waals surface area contributed by atoms with Gasteiger partial charge in [0.25, 0.3) is 11.8 Å². The SMILES string of the molecule is CCCCCCCCCCCCC(CCCCCCCCCC)CN1C(=O)C(c2cc3sc(Br)cc3s2)=c2ccc3c4c(ccc3c21)=C(c1cc2sc(Br)cc2s1)C(=O)N4CC(CCCCCCCCCC)CCCCCCCCCCCC. The van der Waals surface area contributed by atoms with Crippen LogP contribution < -0.4 is 20.2 Å². The molecule has 2 unspecified atom stereocenters. The summed E-state index contributed by atoms with van der Waals surface area (Å²) in [5.41, 5.74) is 3.85. The van der Waals surface area contributed by atoms with Crippen LogP contribution in [0.1, 0.15) is 294 Å². The summed E-state index contributed by atoms with van der Waals surface area (Å²) in [6.45, 7) is 10.7. The van der Waals surface area contributed by atoms with Crippen LogP contribution >= 0.6 is 77.2 Å².